The number of aromatic amines is 1. The van der Waals surface area contributed by atoms with Crippen molar-refractivity contribution >= 4 is 45.0 Å². The van der Waals surface area contributed by atoms with Gasteiger partial charge in [-0.05, 0) is 25.1 Å². The highest BCUT2D eigenvalue weighted by molar-refractivity contribution is 7.99. The van der Waals surface area contributed by atoms with E-state index in [1.807, 2.05) is 0 Å². The maximum atomic E-state index is 12.1. The van der Waals surface area contributed by atoms with E-state index in [0.29, 0.717) is 21.8 Å². The Hall–Kier alpha value is -0.800. The number of hydrogen-bond acceptors (Lipinski definition) is 5. The molecule has 0 fully saturated rings. The Morgan fingerprint density at radius 2 is 2.14 bits per heavy atom. The molecule has 1 heterocycles. The Labute approximate surface area is 136 Å². The van der Waals surface area contributed by atoms with Gasteiger partial charge in [0, 0.05) is 17.3 Å². The molecule has 0 radical (unpaired) electrons. The summed E-state index contributed by atoms with van der Waals surface area (Å²) in [5, 5.41) is 7.67. The Kier molecular flexibility index (Phi) is 5.50. The van der Waals surface area contributed by atoms with Crippen molar-refractivity contribution in [2.45, 2.75) is 17.0 Å². The van der Waals surface area contributed by atoms with E-state index >= 15 is 0 Å². The first-order valence-corrected chi connectivity index (χ1v) is 9.07. The molecule has 0 atom stereocenters. The van der Waals surface area contributed by atoms with Crippen LogP contribution in [0.1, 0.15) is 5.82 Å². The maximum Gasteiger partial charge on any atom is 0.242 e. The number of nitrogens with zero attached hydrogens (tertiary/aromatic N) is 2. The van der Waals surface area contributed by atoms with Crippen LogP contribution in [0.2, 0.25) is 10.0 Å². The maximum absolute atomic E-state index is 12.1. The topological polar surface area (TPSA) is 87.7 Å². The van der Waals surface area contributed by atoms with E-state index in [1.165, 1.54) is 30.0 Å². The van der Waals surface area contributed by atoms with Gasteiger partial charge in [0.2, 0.25) is 15.2 Å². The molecule has 0 spiro atoms. The van der Waals surface area contributed by atoms with Gasteiger partial charge in [-0.15, -0.1) is 5.10 Å². The molecule has 0 aliphatic rings. The Morgan fingerprint density at radius 1 is 1.38 bits per heavy atom. The summed E-state index contributed by atoms with van der Waals surface area (Å²) in [6, 6.07) is 4.30. The molecule has 21 heavy (non-hydrogen) atoms. The highest BCUT2D eigenvalue weighted by atomic mass is 35.5. The van der Waals surface area contributed by atoms with Crippen molar-refractivity contribution in [3.05, 3.63) is 34.1 Å². The summed E-state index contributed by atoms with van der Waals surface area (Å²) < 4.78 is 26.7. The number of aromatic nitrogens is 3. The molecular formula is C11H12Cl2N4O2S2. The summed E-state index contributed by atoms with van der Waals surface area (Å²) in [7, 11) is -3.69. The number of thioether (sulfide) groups is 1. The minimum atomic E-state index is -3.69. The number of nitrogens with one attached hydrogen (secondary N) is 2. The van der Waals surface area contributed by atoms with E-state index in [2.05, 4.69) is 19.9 Å². The molecule has 0 amide bonds. The van der Waals surface area contributed by atoms with Crippen LogP contribution >= 0.6 is 35.0 Å². The molecule has 0 aliphatic carbocycles. The number of rotatable bonds is 6. The van der Waals surface area contributed by atoms with Crippen LogP contribution in [0.4, 0.5) is 0 Å². The van der Waals surface area contributed by atoms with E-state index in [0.717, 1.165) is 0 Å². The van der Waals surface area contributed by atoms with Crippen molar-refractivity contribution in [3.63, 3.8) is 0 Å². The smallest absolute Gasteiger partial charge is 0.242 e. The van der Waals surface area contributed by atoms with Crippen LogP contribution in [0.15, 0.2) is 28.3 Å². The normalized spacial score (nSPS) is 11.8. The lowest BCUT2D eigenvalue weighted by atomic mass is 10.4. The molecule has 0 bridgehead atoms. The number of aryl methyl sites for hydroxylation is 1. The second kappa shape index (κ2) is 6.97. The second-order valence-corrected chi connectivity index (χ2v) is 7.67. The average Bonchev–Trinajstić information content (AvgIpc) is 2.83. The van der Waals surface area contributed by atoms with Crippen molar-refractivity contribution in [3.8, 4) is 0 Å². The summed E-state index contributed by atoms with van der Waals surface area (Å²) in [6.45, 7) is 2.02. The van der Waals surface area contributed by atoms with Gasteiger partial charge in [-0.25, -0.2) is 18.1 Å². The summed E-state index contributed by atoms with van der Waals surface area (Å²) in [4.78, 5) is 4.08. The number of sulfonamides is 1. The zero-order valence-electron chi connectivity index (χ0n) is 10.9. The first kappa shape index (κ1) is 16.6. The van der Waals surface area contributed by atoms with Gasteiger partial charge in [0.15, 0.2) is 0 Å². The van der Waals surface area contributed by atoms with Crippen molar-refractivity contribution in [1.82, 2.24) is 19.9 Å². The highest BCUT2D eigenvalue weighted by Crippen LogP contribution is 2.24. The zero-order valence-corrected chi connectivity index (χ0v) is 14.1. The summed E-state index contributed by atoms with van der Waals surface area (Å²) in [5.74, 6) is 1.21. The van der Waals surface area contributed by atoms with Gasteiger partial charge < -0.3 is 0 Å². The lowest BCUT2D eigenvalue weighted by molar-refractivity contribution is 0.584. The average molecular weight is 367 g/mol. The summed E-state index contributed by atoms with van der Waals surface area (Å²) in [5.41, 5.74) is 0. The van der Waals surface area contributed by atoms with Gasteiger partial charge in [-0.1, -0.05) is 35.0 Å². The molecule has 2 N–H and O–H groups in total. The van der Waals surface area contributed by atoms with E-state index in [-0.39, 0.29) is 16.5 Å². The minimum absolute atomic E-state index is 0.0320. The predicted octanol–water partition coefficient (Wildman–Crippen LogP) is 2.49. The van der Waals surface area contributed by atoms with Crippen LogP contribution < -0.4 is 4.72 Å². The Morgan fingerprint density at radius 3 is 2.81 bits per heavy atom. The van der Waals surface area contributed by atoms with E-state index in [4.69, 9.17) is 23.2 Å². The molecule has 2 rings (SSSR count). The Balaban J connectivity index is 1.94. The molecule has 0 aliphatic heterocycles. The molecule has 1 aromatic carbocycles. The molecule has 1 aromatic heterocycles. The van der Waals surface area contributed by atoms with E-state index < -0.39 is 10.0 Å². The number of hydrogen-bond donors (Lipinski definition) is 2. The van der Waals surface area contributed by atoms with Gasteiger partial charge in [0.1, 0.15) is 10.7 Å². The predicted molar refractivity (Wildman–Crippen MR) is 83.5 cm³/mol. The Bertz CT molecular complexity index is 734. The molecule has 0 unspecified atom stereocenters. The fourth-order valence-corrected chi connectivity index (χ4v) is 4.09. The number of benzene rings is 1. The van der Waals surface area contributed by atoms with Crippen LogP contribution in [-0.4, -0.2) is 35.9 Å². The minimum Gasteiger partial charge on any atom is -0.262 e. The first-order chi connectivity index (χ1) is 9.88. The quantitative estimate of drug-likeness (QED) is 0.605. The molecule has 6 nitrogen and oxygen atoms in total. The molecular weight excluding hydrogens is 355 g/mol. The lowest BCUT2D eigenvalue weighted by Gasteiger charge is -2.08. The number of H-pyrrole nitrogens is 1. The van der Waals surface area contributed by atoms with E-state index in [9.17, 15) is 8.42 Å². The van der Waals surface area contributed by atoms with Crippen LogP contribution in [0.3, 0.4) is 0 Å². The van der Waals surface area contributed by atoms with Crippen LogP contribution in [0.25, 0.3) is 0 Å². The van der Waals surface area contributed by atoms with Crippen LogP contribution in [-0.2, 0) is 10.0 Å². The van der Waals surface area contributed by atoms with Gasteiger partial charge in [0.25, 0.3) is 0 Å². The summed E-state index contributed by atoms with van der Waals surface area (Å²) >= 11 is 13.0. The second-order valence-electron chi connectivity index (χ2n) is 4.02. The molecule has 10 heteroatoms. The molecule has 0 saturated heterocycles. The third-order valence-corrected chi connectivity index (χ3v) is 5.41. The SMILES string of the molecule is Cc1nc(SCCNS(=O)(=O)c2cc(Cl)ccc2Cl)n[nH]1. The third kappa shape index (κ3) is 4.58. The largest absolute Gasteiger partial charge is 0.262 e. The monoisotopic (exact) mass is 366 g/mol. The third-order valence-electron chi connectivity index (χ3n) is 2.38. The summed E-state index contributed by atoms with van der Waals surface area (Å²) in [6.07, 6.45) is 0. The van der Waals surface area contributed by atoms with Crippen molar-refractivity contribution < 1.29 is 8.42 Å². The number of halogens is 2. The van der Waals surface area contributed by atoms with Crippen molar-refractivity contribution in [2.24, 2.45) is 0 Å². The van der Waals surface area contributed by atoms with Crippen LogP contribution in [0.5, 0.6) is 0 Å². The van der Waals surface area contributed by atoms with Crippen molar-refractivity contribution in [1.29, 1.82) is 0 Å². The molecule has 2 aromatic rings. The highest BCUT2D eigenvalue weighted by Gasteiger charge is 2.17. The van der Waals surface area contributed by atoms with Gasteiger partial charge in [-0.2, -0.15) is 0 Å². The van der Waals surface area contributed by atoms with Gasteiger partial charge >= 0.3 is 0 Å². The fraction of sp³-hybridized carbons (Fsp3) is 0.273. The standard InChI is InChI=1S/C11H12Cl2N4O2S2/c1-7-15-11(17-16-7)20-5-4-14-21(18,19)10-6-8(12)2-3-9(10)13/h2-3,6,14H,4-5H2,1H3,(H,15,16,17). The lowest BCUT2D eigenvalue weighted by Crippen LogP contribution is -2.26. The van der Waals surface area contributed by atoms with E-state index in [1.54, 1.807) is 6.92 Å². The molecule has 114 valence electrons. The van der Waals surface area contributed by atoms with Gasteiger partial charge in [-0.3, -0.25) is 5.10 Å². The molecule has 0 saturated carbocycles. The van der Waals surface area contributed by atoms with Crippen molar-refractivity contribution in [2.75, 3.05) is 12.3 Å². The first-order valence-electron chi connectivity index (χ1n) is 5.85. The van der Waals surface area contributed by atoms with Gasteiger partial charge in [0.05, 0.1) is 5.02 Å². The van der Waals surface area contributed by atoms with Crippen LogP contribution in [0, 0.1) is 6.92 Å². The fourth-order valence-electron chi connectivity index (χ4n) is 1.47. The zero-order chi connectivity index (χ0) is 15.5.